The fourth-order valence-corrected chi connectivity index (χ4v) is 3.50. The molecule has 0 aliphatic carbocycles. The first-order valence-electron chi connectivity index (χ1n) is 8.11. The molecular formula is C20H15N5S. The highest BCUT2D eigenvalue weighted by molar-refractivity contribution is 7.98. The van der Waals surface area contributed by atoms with Crippen LogP contribution in [0, 0.1) is 11.3 Å². The molecule has 0 atom stereocenters. The number of thioether (sulfide) groups is 1. The molecule has 0 radical (unpaired) electrons. The van der Waals surface area contributed by atoms with Crippen molar-refractivity contribution in [2.45, 2.75) is 10.9 Å². The molecule has 2 aromatic heterocycles. The first-order chi connectivity index (χ1) is 12.8. The van der Waals surface area contributed by atoms with E-state index in [1.807, 2.05) is 88.5 Å². The van der Waals surface area contributed by atoms with Crippen LogP contribution in [0.3, 0.4) is 0 Å². The second kappa shape index (κ2) is 7.30. The van der Waals surface area contributed by atoms with Crippen LogP contribution in [0.4, 0.5) is 0 Å². The lowest BCUT2D eigenvalue weighted by atomic mass is 10.2. The monoisotopic (exact) mass is 357 g/mol. The van der Waals surface area contributed by atoms with Crippen LogP contribution >= 0.6 is 11.8 Å². The van der Waals surface area contributed by atoms with Crippen LogP contribution < -0.4 is 0 Å². The normalized spacial score (nSPS) is 10.6. The zero-order chi connectivity index (χ0) is 17.8. The molecule has 0 bridgehead atoms. The van der Waals surface area contributed by atoms with Crippen molar-refractivity contribution < 1.29 is 0 Å². The van der Waals surface area contributed by atoms with E-state index in [2.05, 4.69) is 16.3 Å². The van der Waals surface area contributed by atoms with Crippen molar-refractivity contribution in [1.29, 1.82) is 5.26 Å². The molecule has 0 spiro atoms. The van der Waals surface area contributed by atoms with Crippen molar-refractivity contribution >= 4 is 11.8 Å². The summed E-state index contributed by atoms with van der Waals surface area (Å²) in [5.74, 6) is 1.55. The van der Waals surface area contributed by atoms with Crippen molar-refractivity contribution in [1.82, 2.24) is 19.5 Å². The molecule has 0 saturated carbocycles. The summed E-state index contributed by atoms with van der Waals surface area (Å²) >= 11 is 1.61. The molecule has 5 nitrogen and oxygen atoms in total. The number of benzene rings is 2. The van der Waals surface area contributed by atoms with Gasteiger partial charge in [-0.1, -0.05) is 54.2 Å². The SMILES string of the molecule is N#Cc1ccc(CSc2nnc(-c3ccccc3)n2-n2cccc2)cc1. The second-order valence-electron chi connectivity index (χ2n) is 5.64. The zero-order valence-corrected chi connectivity index (χ0v) is 14.7. The van der Waals surface area contributed by atoms with E-state index in [0.717, 1.165) is 27.9 Å². The topological polar surface area (TPSA) is 59.4 Å². The van der Waals surface area contributed by atoms with E-state index in [4.69, 9.17) is 5.26 Å². The van der Waals surface area contributed by atoms with Crippen molar-refractivity contribution in [3.8, 4) is 17.5 Å². The molecule has 4 aromatic rings. The second-order valence-corrected chi connectivity index (χ2v) is 6.59. The highest BCUT2D eigenvalue weighted by Gasteiger charge is 2.15. The number of aromatic nitrogens is 4. The van der Waals surface area contributed by atoms with Gasteiger partial charge >= 0.3 is 0 Å². The van der Waals surface area contributed by atoms with Gasteiger partial charge in [0.1, 0.15) is 0 Å². The van der Waals surface area contributed by atoms with Crippen LogP contribution in [-0.2, 0) is 5.75 Å². The Morgan fingerprint density at radius 1 is 0.885 bits per heavy atom. The van der Waals surface area contributed by atoms with Crippen LogP contribution in [0.2, 0.25) is 0 Å². The van der Waals surface area contributed by atoms with Gasteiger partial charge in [-0.25, -0.2) is 4.68 Å². The Bertz CT molecular complexity index is 1030. The van der Waals surface area contributed by atoms with E-state index >= 15 is 0 Å². The van der Waals surface area contributed by atoms with Gasteiger partial charge in [-0.15, -0.1) is 10.2 Å². The van der Waals surface area contributed by atoms with Gasteiger partial charge in [0.2, 0.25) is 5.16 Å². The Hall–Kier alpha value is -3.30. The maximum absolute atomic E-state index is 8.91. The summed E-state index contributed by atoms with van der Waals surface area (Å²) in [7, 11) is 0. The molecule has 6 heteroatoms. The highest BCUT2D eigenvalue weighted by Crippen LogP contribution is 2.26. The van der Waals surface area contributed by atoms with Crippen molar-refractivity contribution in [3.63, 3.8) is 0 Å². The van der Waals surface area contributed by atoms with Crippen molar-refractivity contribution in [2.24, 2.45) is 0 Å². The molecule has 0 fully saturated rings. The van der Waals surface area contributed by atoms with Gasteiger partial charge in [-0.05, 0) is 29.8 Å². The third kappa shape index (κ3) is 3.25. The summed E-state index contributed by atoms with van der Waals surface area (Å²) in [5, 5.41) is 18.5. The third-order valence-corrected chi connectivity index (χ3v) is 4.91. The molecular weight excluding hydrogens is 342 g/mol. The summed E-state index contributed by atoms with van der Waals surface area (Å²) in [6, 6.07) is 23.7. The van der Waals surface area contributed by atoms with Gasteiger partial charge in [0, 0.05) is 23.7 Å². The number of rotatable bonds is 5. The van der Waals surface area contributed by atoms with Crippen LogP contribution in [0.1, 0.15) is 11.1 Å². The minimum atomic E-state index is 0.667. The van der Waals surface area contributed by atoms with Gasteiger partial charge in [-0.3, -0.25) is 4.68 Å². The van der Waals surface area contributed by atoms with E-state index in [9.17, 15) is 0 Å². The first kappa shape index (κ1) is 16.2. The smallest absolute Gasteiger partial charge is 0.211 e. The Labute approximate surface area is 155 Å². The molecule has 0 amide bonds. The van der Waals surface area contributed by atoms with Crippen LogP contribution in [-0.4, -0.2) is 19.5 Å². The fraction of sp³-hybridized carbons (Fsp3) is 0.0500. The van der Waals surface area contributed by atoms with Gasteiger partial charge in [0.15, 0.2) is 5.82 Å². The van der Waals surface area contributed by atoms with Gasteiger partial charge in [0.25, 0.3) is 0 Å². The summed E-state index contributed by atoms with van der Waals surface area (Å²) in [6.45, 7) is 0. The largest absolute Gasteiger partial charge is 0.260 e. The number of nitrogens with zero attached hydrogens (tertiary/aromatic N) is 5. The van der Waals surface area contributed by atoms with E-state index < -0.39 is 0 Å². The maximum atomic E-state index is 8.91. The van der Waals surface area contributed by atoms with E-state index in [1.165, 1.54) is 0 Å². The van der Waals surface area contributed by atoms with Crippen molar-refractivity contribution in [2.75, 3.05) is 0 Å². The molecule has 0 N–H and O–H groups in total. The number of hydrogen-bond donors (Lipinski definition) is 0. The fourth-order valence-electron chi connectivity index (χ4n) is 2.61. The number of hydrogen-bond acceptors (Lipinski definition) is 4. The van der Waals surface area contributed by atoms with E-state index in [-0.39, 0.29) is 0 Å². The molecule has 26 heavy (non-hydrogen) atoms. The van der Waals surface area contributed by atoms with Gasteiger partial charge in [-0.2, -0.15) is 5.26 Å². The highest BCUT2D eigenvalue weighted by atomic mass is 32.2. The minimum Gasteiger partial charge on any atom is -0.260 e. The van der Waals surface area contributed by atoms with E-state index in [0.29, 0.717) is 5.56 Å². The van der Waals surface area contributed by atoms with E-state index in [1.54, 1.807) is 11.8 Å². The predicted octanol–water partition coefficient (Wildman–Crippen LogP) is 4.22. The van der Waals surface area contributed by atoms with Crippen molar-refractivity contribution in [3.05, 3.63) is 90.3 Å². The minimum absolute atomic E-state index is 0.667. The molecule has 2 heterocycles. The summed E-state index contributed by atoms with van der Waals surface area (Å²) in [6.07, 6.45) is 3.95. The Morgan fingerprint density at radius 2 is 1.62 bits per heavy atom. The standard InChI is InChI=1S/C20H15N5S/c21-14-16-8-10-17(11-9-16)15-26-20-23-22-19(18-6-2-1-3-7-18)25(20)24-12-4-5-13-24/h1-13H,15H2. The molecule has 2 aromatic carbocycles. The quantitative estimate of drug-likeness (QED) is 0.502. The molecule has 0 aliphatic rings. The van der Waals surface area contributed by atoms with Gasteiger partial charge in [0.05, 0.1) is 11.6 Å². The predicted molar refractivity (Wildman–Crippen MR) is 101 cm³/mol. The van der Waals surface area contributed by atoms with Crippen LogP contribution in [0.15, 0.2) is 84.3 Å². The third-order valence-electron chi connectivity index (χ3n) is 3.91. The number of nitriles is 1. The van der Waals surface area contributed by atoms with Crippen LogP contribution in [0.5, 0.6) is 0 Å². The lowest BCUT2D eigenvalue weighted by molar-refractivity contribution is 0.603. The average Bonchev–Trinajstić information content (AvgIpc) is 3.37. The molecule has 0 unspecified atom stereocenters. The summed E-state index contributed by atoms with van der Waals surface area (Å²) < 4.78 is 3.98. The molecule has 126 valence electrons. The zero-order valence-electron chi connectivity index (χ0n) is 13.9. The summed E-state index contributed by atoms with van der Waals surface area (Å²) in [4.78, 5) is 0. The lowest BCUT2D eigenvalue weighted by Gasteiger charge is -2.11. The maximum Gasteiger partial charge on any atom is 0.211 e. The Kier molecular flexibility index (Phi) is 4.54. The molecule has 0 aliphatic heterocycles. The molecule has 4 rings (SSSR count). The average molecular weight is 357 g/mol. The van der Waals surface area contributed by atoms with Crippen LogP contribution in [0.25, 0.3) is 11.4 Å². The Balaban J connectivity index is 1.66. The first-order valence-corrected chi connectivity index (χ1v) is 9.10. The summed E-state index contributed by atoms with van der Waals surface area (Å²) in [5.41, 5.74) is 2.82. The molecule has 0 saturated heterocycles. The Morgan fingerprint density at radius 3 is 2.31 bits per heavy atom. The lowest BCUT2D eigenvalue weighted by Crippen LogP contribution is -2.10. The van der Waals surface area contributed by atoms with Gasteiger partial charge < -0.3 is 0 Å².